The minimum Gasteiger partial charge on any atom is -0.452 e. The molecular weight excluding hydrogens is 478 g/mol. The highest BCUT2D eigenvalue weighted by Crippen LogP contribution is 2.42. The van der Waals surface area contributed by atoms with Crippen molar-refractivity contribution in [1.29, 1.82) is 0 Å². The number of halogens is 1. The highest BCUT2D eigenvalue weighted by molar-refractivity contribution is 6.30. The Hall–Kier alpha value is -2.90. The van der Waals surface area contributed by atoms with Crippen molar-refractivity contribution in [2.24, 2.45) is 5.92 Å². The van der Waals surface area contributed by atoms with E-state index < -0.39 is 6.10 Å². The summed E-state index contributed by atoms with van der Waals surface area (Å²) in [6.45, 7) is 3.68. The number of Topliss-reactive ketones (excluding diaryl/α,β-unsaturated/α-hetero) is 1. The quantitative estimate of drug-likeness (QED) is 0.466. The average molecular weight is 510 g/mol. The first-order valence-corrected chi connectivity index (χ1v) is 13.0. The van der Waals surface area contributed by atoms with E-state index in [4.69, 9.17) is 21.3 Å². The number of imidazole rings is 1. The molecule has 1 aliphatic carbocycles. The van der Waals surface area contributed by atoms with Crippen LogP contribution in [0.3, 0.4) is 0 Å². The van der Waals surface area contributed by atoms with Crippen molar-refractivity contribution in [2.45, 2.75) is 70.6 Å². The van der Waals surface area contributed by atoms with Gasteiger partial charge in [0, 0.05) is 28.6 Å². The molecule has 0 unspecified atom stereocenters. The van der Waals surface area contributed by atoms with Crippen LogP contribution in [0.4, 0.5) is 10.5 Å². The van der Waals surface area contributed by atoms with Crippen LogP contribution in [0.5, 0.6) is 0 Å². The molecule has 0 spiro atoms. The van der Waals surface area contributed by atoms with Crippen molar-refractivity contribution in [2.75, 3.05) is 12.0 Å². The van der Waals surface area contributed by atoms with Crippen LogP contribution in [-0.2, 0) is 16.0 Å². The Morgan fingerprint density at radius 3 is 2.58 bits per heavy atom. The number of hydrogen-bond donors (Lipinski definition) is 1. The molecule has 2 aromatic carbocycles. The van der Waals surface area contributed by atoms with Crippen LogP contribution in [0.2, 0.25) is 5.02 Å². The Morgan fingerprint density at radius 1 is 1.14 bits per heavy atom. The second-order valence-corrected chi connectivity index (χ2v) is 10.5. The lowest BCUT2D eigenvalue weighted by Crippen LogP contribution is -2.42. The lowest BCUT2D eigenvalue weighted by atomic mass is 9.83. The Bertz CT molecular complexity index is 1300. The molecule has 0 bridgehead atoms. The largest absolute Gasteiger partial charge is 0.452 e. The van der Waals surface area contributed by atoms with Gasteiger partial charge < -0.3 is 14.4 Å². The number of ether oxygens (including phenoxy) is 1. The van der Waals surface area contributed by atoms with E-state index in [0.717, 1.165) is 60.8 Å². The second-order valence-electron chi connectivity index (χ2n) is 10.1. The van der Waals surface area contributed by atoms with E-state index in [1.807, 2.05) is 31.2 Å². The maximum Gasteiger partial charge on any atom is 0.414 e. The van der Waals surface area contributed by atoms with Crippen molar-refractivity contribution in [3.05, 3.63) is 58.4 Å². The number of hydrogen-bond acceptors (Lipinski definition) is 5. The zero-order valence-corrected chi connectivity index (χ0v) is 21.7. The number of aliphatic hydroxyl groups excluding tert-OH is 1. The van der Waals surface area contributed by atoms with Crippen molar-refractivity contribution in [3.63, 3.8) is 0 Å². The molecular formula is C28H32ClN3O4. The second kappa shape index (κ2) is 9.87. The SMILES string of the molecule is COC(=O)N1c2ccc3c(nc([C@@H](O)c4ccc(Cl)cc4)n3[C@@H]3CCC[C@@H](C(C)=O)C3)c2CC[C@@H]1C. The summed E-state index contributed by atoms with van der Waals surface area (Å²) in [5.41, 5.74) is 4.20. The summed E-state index contributed by atoms with van der Waals surface area (Å²) in [6.07, 6.45) is 3.71. The third kappa shape index (κ3) is 4.28. The lowest BCUT2D eigenvalue weighted by molar-refractivity contribution is -0.122. The number of anilines is 1. The number of aryl methyl sites for hydroxylation is 1. The molecule has 1 aromatic heterocycles. The Balaban J connectivity index is 1.69. The van der Waals surface area contributed by atoms with E-state index in [0.29, 0.717) is 16.4 Å². The standard InChI is InChI=1S/C28H32ClN3O4/c1-16-7-12-22-23(31(16)28(35)36-3)13-14-24-25(22)30-27(26(34)18-8-10-20(29)11-9-18)32(24)21-6-4-5-19(15-21)17(2)33/h8-11,13-14,16,19,21,26,34H,4-7,12,15H2,1-3H3/t16-,19+,21+,26-/m0/s1. The van der Waals surface area contributed by atoms with Crippen LogP contribution in [0.25, 0.3) is 11.0 Å². The summed E-state index contributed by atoms with van der Waals surface area (Å²) in [7, 11) is 1.39. The van der Waals surface area contributed by atoms with Crippen LogP contribution < -0.4 is 4.90 Å². The van der Waals surface area contributed by atoms with Crippen LogP contribution in [0.15, 0.2) is 36.4 Å². The molecule has 0 saturated heterocycles. The number of carbonyl (C=O) groups is 2. The molecule has 190 valence electrons. The van der Waals surface area contributed by atoms with Gasteiger partial charge in [-0.25, -0.2) is 9.78 Å². The predicted octanol–water partition coefficient (Wildman–Crippen LogP) is 6.00. The molecule has 4 atom stereocenters. The maximum atomic E-state index is 12.6. The van der Waals surface area contributed by atoms with Crippen molar-refractivity contribution < 1.29 is 19.4 Å². The monoisotopic (exact) mass is 509 g/mol. The number of fused-ring (bicyclic) bond motifs is 3. The van der Waals surface area contributed by atoms with Crippen LogP contribution in [0.1, 0.15) is 75.0 Å². The Morgan fingerprint density at radius 2 is 1.89 bits per heavy atom. The summed E-state index contributed by atoms with van der Waals surface area (Å²) < 4.78 is 7.22. The highest BCUT2D eigenvalue weighted by Gasteiger charge is 2.35. The van der Waals surface area contributed by atoms with Gasteiger partial charge >= 0.3 is 6.09 Å². The summed E-state index contributed by atoms with van der Waals surface area (Å²) >= 11 is 6.09. The van der Waals surface area contributed by atoms with Crippen LogP contribution >= 0.6 is 11.6 Å². The molecule has 1 amide bonds. The smallest absolute Gasteiger partial charge is 0.414 e. The Kier molecular flexibility index (Phi) is 6.79. The number of aromatic nitrogens is 2. The third-order valence-corrected chi connectivity index (χ3v) is 8.12. The number of rotatable bonds is 4. The van der Waals surface area contributed by atoms with Gasteiger partial charge in [-0.2, -0.15) is 0 Å². The van der Waals surface area contributed by atoms with E-state index in [1.165, 1.54) is 7.11 Å². The molecule has 2 heterocycles. The molecule has 1 aliphatic heterocycles. The van der Waals surface area contributed by atoms with Gasteiger partial charge in [-0.15, -0.1) is 0 Å². The first-order chi connectivity index (χ1) is 17.3. The molecule has 8 heteroatoms. The molecule has 3 aromatic rings. The van der Waals surface area contributed by atoms with Crippen molar-refractivity contribution in [3.8, 4) is 0 Å². The fourth-order valence-electron chi connectivity index (χ4n) is 5.93. The summed E-state index contributed by atoms with van der Waals surface area (Å²) in [5, 5.41) is 12.1. The molecule has 36 heavy (non-hydrogen) atoms. The fraction of sp³-hybridized carbons (Fsp3) is 0.464. The zero-order chi connectivity index (χ0) is 25.6. The normalized spacial score (nSPS) is 22.8. The minimum absolute atomic E-state index is 0.00928. The van der Waals surface area contributed by atoms with Gasteiger partial charge in [0.15, 0.2) is 0 Å². The van der Waals surface area contributed by atoms with Gasteiger partial charge in [-0.05, 0) is 75.8 Å². The number of benzene rings is 2. The average Bonchev–Trinajstić information content (AvgIpc) is 3.28. The first-order valence-electron chi connectivity index (χ1n) is 12.6. The number of aliphatic hydroxyl groups is 1. The minimum atomic E-state index is -0.956. The summed E-state index contributed by atoms with van der Waals surface area (Å²) in [6, 6.07) is 11.2. The maximum absolute atomic E-state index is 12.6. The molecule has 0 radical (unpaired) electrons. The fourth-order valence-corrected chi connectivity index (χ4v) is 6.06. The van der Waals surface area contributed by atoms with Crippen LogP contribution in [0, 0.1) is 5.92 Å². The van der Waals surface area contributed by atoms with E-state index in [2.05, 4.69) is 4.57 Å². The van der Waals surface area contributed by atoms with E-state index >= 15 is 0 Å². The molecule has 7 nitrogen and oxygen atoms in total. The van der Waals surface area contributed by atoms with Gasteiger partial charge in [-0.3, -0.25) is 9.69 Å². The number of methoxy groups -OCH3 is 1. The van der Waals surface area contributed by atoms with E-state index in [9.17, 15) is 14.7 Å². The van der Waals surface area contributed by atoms with Gasteiger partial charge in [0.2, 0.25) is 0 Å². The molecule has 1 fully saturated rings. The first kappa shape index (κ1) is 24.8. The number of carbonyl (C=O) groups excluding carboxylic acids is 2. The number of amides is 1. The van der Waals surface area contributed by atoms with Gasteiger partial charge in [0.25, 0.3) is 0 Å². The highest BCUT2D eigenvalue weighted by atomic mass is 35.5. The van der Waals surface area contributed by atoms with Gasteiger partial charge in [0.1, 0.15) is 17.7 Å². The summed E-state index contributed by atoms with van der Waals surface area (Å²) in [5.74, 6) is 0.775. The summed E-state index contributed by atoms with van der Waals surface area (Å²) in [4.78, 5) is 31.6. The van der Waals surface area contributed by atoms with Crippen molar-refractivity contribution >= 4 is 40.2 Å². The van der Waals surface area contributed by atoms with Crippen molar-refractivity contribution in [1.82, 2.24) is 9.55 Å². The molecule has 2 aliphatic rings. The Labute approximate surface area is 216 Å². The number of nitrogens with zero attached hydrogens (tertiary/aromatic N) is 3. The molecule has 1 N–H and O–H groups in total. The number of ketones is 1. The van der Waals surface area contributed by atoms with Gasteiger partial charge in [-0.1, -0.05) is 30.2 Å². The van der Waals surface area contributed by atoms with Gasteiger partial charge in [0.05, 0.1) is 23.8 Å². The molecule has 5 rings (SSSR count). The molecule has 1 saturated carbocycles. The van der Waals surface area contributed by atoms with Crippen LogP contribution in [-0.4, -0.2) is 39.7 Å². The topological polar surface area (TPSA) is 84.7 Å². The zero-order valence-electron chi connectivity index (χ0n) is 20.9. The third-order valence-electron chi connectivity index (χ3n) is 7.87. The van der Waals surface area contributed by atoms with E-state index in [1.54, 1.807) is 24.0 Å². The predicted molar refractivity (Wildman–Crippen MR) is 140 cm³/mol. The van der Waals surface area contributed by atoms with E-state index in [-0.39, 0.29) is 29.9 Å². The lowest BCUT2D eigenvalue weighted by Gasteiger charge is -2.34.